The first-order valence-electron chi connectivity index (χ1n) is 6.30. The van der Waals surface area contributed by atoms with E-state index in [0.717, 1.165) is 19.0 Å². The zero-order valence-electron chi connectivity index (χ0n) is 10.1. The van der Waals surface area contributed by atoms with E-state index >= 15 is 0 Å². The second-order valence-electron chi connectivity index (χ2n) is 4.70. The van der Waals surface area contributed by atoms with Crippen LogP contribution in [0.25, 0.3) is 0 Å². The molecule has 2 heterocycles. The van der Waals surface area contributed by atoms with Crippen LogP contribution in [0.1, 0.15) is 29.7 Å². The predicted octanol–water partition coefficient (Wildman–Crippen LogP) is 2.54. The lowest BCUT2D eigenvalue weighted by atomic mass is 9.96. The molecule has 0 saturated carbocycles. The molecule has 0 amide bonds. The molecule has 3 heteroatoms. The molecule has 0 radical (unpaired) electrons. The Balaban J connectivity index is 1.59. The average Bonchev–Trinajstić information content (AvgIpc) is 2.72. The molecule has 0 aliphatic carbocycles. The van der Waals surface area contributed by atoms with Gasteiger partial charge in [-0.3, -0.25) is 0 Å². The van der Waals surface area contributed by atoms with Gasteiger partial charge in [-0.1, -0.05) is 0 Å². The van der Waals surface area contributed by atoms with Crippen molar-refractivity contribution in [3.8, 4) is 0 Å². The highest BCUT2D eigenvalue weighted by Gasteiger charge is 2.11. The lowest BCUT2D eigenvalue weighted by Crippen LogP contribution is -2.31. The van der Waals surface area contributed by atoms with Crippen molar-refractivity contribution < 1.29 is 0 Å². The van der Waals surface area contributed by atoms with Crippen molar-refractivity contribution in [2.45, 2.75) is 32.7 Å². The molecule has 90 valence electrons. The molecule has 1 fully saturated rings. The van der Waals surface area contributed by atoms with Crippen LogP contribution < -0.4 is 10.6 Å². The summed E-state index contributed by atoms with van der Waals surface area (Å²) in [6, 6.07) is 2.20. The van der Waals surface area contributed by atoms with E-state index < -0.39 is 0 Å². The summed E-state index contributed by atoms with van der Waals surface area (Å²) in [7, 11) is 0. The maximum atomic E-state index is 3.56. The van der Waals surface area contributed by atoms with Crippen LogP contribution in [0.4, 0.5) is 0 Å². The summed E-state index contributed by atoms with van der Waals surface area (Å²) in [5.41, 5.74) is 1.43. The van der Waals surface area contributed by atoms with Crippen molar-refractivity contribution in [1.82, 2.24) is 10.6 Å². The van der Waals surface area contributed by atoms with E-state index in [2.05, 4.69) is 29.0 Å². The van der Waals surface area contributed by atoms with Crippen LogP contribution in [0, 0.1) is 12.8 Å². The number of piperidine rings is 1. The Morgan fingerprint density at radius 3 is 3.19 bits per heavy atom. The summed E-state index contributed by atoms with van der Waals surface area (Å²) >= 11 is 1.86. The maximum absolute atomic E-state index is 3.56. The van der Waals surface area contributed by atoms with E-state index in [1.54, 1.807) is 0 Å². The minimum absolute atomic E-state index is 0.894. The summed E-state index contributed by atoms with van der Waals surface area (Å²) in [5.74, 6) is 0.894. The Kier molecular flexibility index (Phi) is 4.82. The van der Waals surface area contributed by atoms with Gasteiger partial charge in [0.15, 0.2) is 0 Å². The van der Waals surface area contributed by atoms with E-state index in [1.165, 1.54) is 42.8 Å². The maximum Gasteiger partial charge on any atom is 0.0302 e. The van der Waals surface area contributed by atoms with Crippen LogP contribution in [-0.2, 0) is 6.54 Å². The molecule has 1 saturated heterocycles. The second kappa shape index (κ2) is 6.38. The zero-order chi connectivity index (χ0) is 11.2. The van der Waals surface area contributed by atoms with Crippen LogP contribution in [0.5, 0.6) is 0 Å². The van der Waals surface area contributed by atoms with E-state index in [4.69, 9.17) is 0 Å². The SMILES string of the molecule is Cc1ccsc1CNCCC1CCCNC1. The van der Waals surface area contributed by atoms with Crippen molar-refractivity contribution >= 4 is 11.3 Å². The van der Waals surface area contributed by atoms with Gasteiger partial charge in [-0.25, -0.2) is 0 Å². The van der Waals surface area contributed by atoms with E-state index in [0.29, 0.717) is 0 Å². The van der Waals surface area contributed by atoms with Gasteiger partial charge >= 0.3 is 0 Å². The first kappa shape index (κ1) is 12.1. The van der Waals surface area contributed by atoms with E-state index in [-0.39, 0.29) is 0 Å². The number of aryl methyl sites for hydroxylation is 1. The summed E-state index contributed by atoms with van der Waals surface area (Å²) in [6.07, 6.45) is 4.08. The summed E-state index contributed by atoms with van der Waals surface area (Å²) < 4.78 is 0. The van der Waals surface area contributed by atoms with Crippen LogP contribution in [-0.4, -0.2) is 19.6 Å². The van der Waals surface area contributed by atoms with Crippen molar-refractivity contribution in [3.05, 3.63) is 21.9 Å². The van der Waals surface area contributed by atoms with Gasteiger partial charge in [-0.2, -0.15) is 0 Å². The number of rotatable bonds is 5. The fourth-order valence-electron chi connectivity index (χ4n) is 2.26. The van der Waals surface area contributed by atoms with Gasteiger partial charge < -0.3 is 10.6 Å². The number of hydrogen-bond donors (Lipinski definition) is 2. The van der Waals surface area contributed by atoms with Gasteiger partial charge in [0.1, 0.15) is 0 Å². The average molecular weight is 238 g/mol. The second-order valence-corrected chi connectivity index (χ2v) is 5.71. The van der Waals surface area contributed by atoms with Gasteiger partial charge in [0, 0.05) is 11.4 Å². The molecule has 0 aromatic carbocycles. The number of hydrogen-bond acceptors (Lipinski definition) is 3. The van der Waals surface area contributed by atoms with Gasteiger partial charge in [0.2, 0.25) is 0 Å². The number of nitrogens with one attached hydrogen (secondary N) is 2. The summed E-state index contributed by atoms with van der Waals surface area (Å²) in [5, 5.41) is 9.21. The van der Waals surface area contributed by atoms with Gasteiger partial charge in [0.05, 0.1) is 0 Å². The molecule has 0 spiro atoms. The molecule has 1 aromatic heterocycles. The standard InChI is InChI=1S/C13H22N2S/c1-11-5-8-16-13(11)10-15-7-4-12-3-2-6-14-9-12/h5,8,12,14-15H,2-4,6-7,9-10H2,1H3. The molecule has 2 rings (SSSR count). The van der Waals surface area contributed by atoms with Crippen LogP contribution in [0.2, 0.25) is 0 Å². The van der Waals surface area contributed by atoms with Crippen LogP contribution >= 0.6 is 11.3 Å². The lowest BCUT2D eigenvalue weighted by Gasteiger charge is -2.22. The van der Waals surface area contributed by atoms with Crippen molar-refractivity contribution in [2.75, 3.05) is 19.6 Å². The Hall–Kier alpha value is -0.380. The molecular weight excluding hydrogens is 216 g/mol. The molecule has 1 atom stereocenters. The van der Waals surface area contributed by atoms with Crippen molar-refractivity contribution in [3.63, 3.8) is 0 Å². The molecule has 2 nitrogen and oxygen atoms in total. The highest BCUT2D eigenvalue weighted by molar-refractivity contribution is 7.10. The summed E-state index contributed by atoms with van der Waals surface area (Å²) in [6.45, 7) is 6.84. The Bertz CT molecular complexity index is 303. The Morgan fingerprint density at radius 2 is 2.50 bits per heavy atom. The van der Waals surface area contributed by atoms with Gasteiger partial charge in [0.25, 0.3) is 0 Å². The fraction of sp³-hybridized carbons (Fsp3) is 0.692. The molecular formula is C13H22N2S. The van der Waals surface area contributed by atoms with Crippen molar-refractivity contribution in [1.29, 1.82) is 0 Å². The Labute approximate surface area is 102 Å². The van der Waals surface area contributed by atoms with Crippen LogP contribution in [0.3, 0.4) is 0 Å². The fourth-order valence-corrected chi connectivity index (χ4v) is 3.14. The minimum Gasteiger partial charge on any atom is -0.316 e. The monoisotopic (exact) mass is 238 g/mol. The van der Waals surface area contributed by atoms with E-state index in [9.17, 15) is 0 Å². The van der Waals surface area contributed by atoms with Crippen LogP contribution in [0.15, 0.2) is 11.4 Å². The quantitative estimate of drug-likeness (QED) is 0.770. The van der Waals surface area contributed by atoms with Crippen molar-refractivity contribution in [2.24, 2.45) is 5.92 Å². The van der Waals surface area contributed by atoms with Gasteiger partial charge in [-0.05, 0) is 68.7 Å². The third-order valence-corrected chi connectivity index (χ3v) is 4.41. The Morgan fingerprint density at radius 1 is 1.56 bits per heavy atom. The summed E-state index contributed by atoms with van der Waals surface area (Å²) in [4.78, 5) is 1.49. The van der Waals surface area contributed by atoms with E-state index in [1.807, 2.05) is 11.3 Å². The zero-order valence-corrected chi connectivity index (χ0v) is 10.9. The minimum atomic E-state index is 0.894. The smallest absolute Gasteiger partial charge is 0.0302 e. The molecule has 1 aromatic rings. The first-order chi connectivity index (χ1) is 7.86. The highest BCUT2D eigenvalue weighted by atomic mass is 32.1. The lowest BCUT2D eigenvalue weighted by molar-refractivity contribution is 0.352. The predicted molar refractivity (Wildman–Crippen MR) is 71.0 cm³/mol. The molecule has 2 N–H and O–H groups in total. The molecule has 16 heavy (non-hydrogen) atoms. The molecule has 1 aliphatic rings. The normalized spacial score (nSPS) is 21.2. The first-order valence-corrected chi connectivity index (χ1v) is 7.18. The molecule has 1 aliphatic heterocycles. The third-order valence-electron chi connectivity index (χ3n) is 3.38. The number of thiophene rings is 1. The largest absolute Gasteiger partial charge is 0.316 e. The highest BCUT2D eigenvalue weighted by Crippen LogP contribution is 2.16. The third kappa shape index (κ3) is 3.58. The topological polar surface area (TPSA) is 24.1 Å². The molecule has 1 unspecified atom stereocenters. The molecule has 0 bridgehead atoms. The van der Waals surface area contributed by atoms with Gasteiger partial charge in [-0.15, -0.1) is 11.3 Å².